The van der Waals surface area contributed by atoms with Crippen molar-refractivity contribution in [1.29, 1.82) is 0 Å². The van der Waals surface area contributed by atoms with E-state index in [0.717, 1.165) is 24.2 Å². The summed E-state index contributed by atoms with van der Waals surface area (Å²) in [5, 5.41) is 0. The van der Waals surface area contributed by atoms with E-state index in [1.54, 1.807) is 6.07 Å². The van der Waals surface area contributed by atoms with Crippen LogP contribution in [0.2, 0.25) is 0 Å². The van der Waals surface area contributed by atoms with Crippen LogP contribution in [0.5, 0.6) is 0 Å². The van der Waals surface area contributed by atoms with Crippen LogP contribution in [0.15, 0.2) is 41.3 Å². The maximum Gasteiger partial charge on any atom is 0.279 e. The van der Waals surface area contributed by atoms with E-state index in [1.165, 1.54) is 41.6 Å². The summed E-state index contributed by atoms with van der Waals surface area (Å²) in [5.41, 5.74) is 4.75. The fraction of sp³-hybridized carbons (Fsp3) is 0.278. The van der Waals surface area contributed by atoms with Crippen LogP contribution in [0.4, 0.5) is 0 Å². The summed E-state index contributed by atoms with van der Waals surface area (Å²) in [6, 6.07) is 8.59. The van der Waals surface area contributed by atoms with Gasteiger partial charge in [0.1, 0.15) is 0 Å². The number of hydrogen-bond donors (Lipinski definition) is 2. The van der Waals surface area contributed by atoms with Gasteiger partial charge in [-0.3, -0.25) is 25.2 Å². The van der Waals surface area contributed by atoms with Gasteiger partial charge in [0, 0.05) is 18.7 Å². The molecular formula is C18H19N3O5S2. The third-order valence-corrected chi connectivity index (χ3v) is 7.38. The standard InChI is InChI=1S/C18H19N3O5S2/c1-12(22)15-8-9-16(27-15)18(24)20-19-17(23)13-4-6-14(7-5-13)28(25,26)21-10-2-3-11-21/h4-9H,2-3,10-11H2,1H3,(H,19,23)(H,20,24). The lowest BCUT2D eigenvalue weighted by atomic mass is 10.2. The van der Waals surface area contributed by atoms with Crippen LogP contribution in [0, 0.1) is 0 Å². The number of nitrogens with zero attached hydrogens (tertiary/aromatic N) is 1. The Balaban J connectivity index is 1.61. The molecule has 0 radical (unpaired) electrons. The molecule has 2 heterocycles. The van der Waals surface area contributed by atoms with Crippen molar-refractivity contribution in [3.63, 3.8) is 0 Å². The van der Waals surface area contributed by atoms with Crippen LogP contribution in [-0.2, 0) is 10.0 Å². The molecule has 0 saturated carbocycles. The molecule has 8 nitrogen and oxygen atoms in total. The molecule has 0 aliphatic carbocycles. The zero-order chi connectivity index (χ0) is 20.3. The lowest BCUT2D eigenvalue weighted by molar-refractivity contribution is 0.0849. The summed E-state index contributed by atoms with van der Waals surface area (Å²) >= 11 is 1.03. The van der Waals surface area contributed by atoms with Crippen LogP contribution >= 0.6 is 11.3 Å². The zero-order valence-electron chi connectivity index (χ0n) is 15.1. The zero-order valence-corrected chi connectivity index (χ0v) is 16.7. The van der Waals surface area contributed by atoms with E-state index in [0.29, 0.717) is 18.0 Å². The molecule has 1 aromatic heterocycles. The first-order valence-electron chi connectivity index (χ1n) is 8.61. The number of amides is 2. The van der Waals surface area contributed by atoms with Gasteiger partial charge in [-0.25, -0.2) is 8.42 Å². The van der Waals surface area contributed by atoms with Crippen molar-refractivity contribution >= 4 is 39.0 Å². The highest BCUT2D eigenvalue weighted by Gasteiger charge is 2.27. The predicted octanol–water partition coefficient (Wildman–Crippen LogP) is 1.81. The van der Waals surface area contributed by atoms with E-state index in [-0.39, 0.29) is 21.1 Å². The number of thiophene rings is 1. The van der Waals surface area contributed by atoms with Crippen LogP contribution in [-0.4, -0.2) is 43.4 Å². The normalized spacial score (nSPS) is 14.6. The molecule has 10 heteroatoms. The Morgan fingerprint density at radius 2 is 1.46 bits per heavy atom. The number of hydrogen-bond acceptors (Lipinski definition) is 6. The van der Waals surface area contributed by atoms with Crippen molar-refractivity contribution < 1.29 is 22.8 Å². The van der Waals surface area contributed by atoms with Crippen LogP contribution in [0.1, 0.15) is 49.5 Å². The highest BCUT2D eigenvalue weighted by atomic mass is 32.2. The molecule has 0 atom stereocenters. The molecule has 2 amide bonds. The van der Waals surface area contributed by atoms with Crippen LogP contribution in [0.25, 0.3) is 0 Å². The lowest BCUT2D eigenvalue weighted by Gasteiger charge is -2.15. The third-order valence-electron chi connectivity index (χ3n) is 4.29. The van der Waals surface area contributed by atoms with E-state index in [1.807, 2.05) is 0 Å². The van der Waals surface area contributed by atoms with Gasteiger partial charge in [-0.05, 0) is 56.2 Å². The Kier molecular flexibility index (Phi) is 5.92. The number of Topliss-reactive ketones (excluding diaryl/α,β-unsaturated/α-hetero) is 1. The van der Waals surface area contributed by atoms with E-state index in [9.17, 15) is 22.8 Å². The summed E-state index contributed by atoms with van der Waals surface area (Å²) in [6.07, 6.45) is 1.69. The first kappa shape index (κ1) is 20.2. The van der Waals surface area contributed by atoms with Gasteiger partial charge >= 0.3 is 0 Å². The van der Waals surface area contributed by atoms with Gasteiger partial charge < -0.3 is 0 Å². The third kappa shape index (κ3) is 4.29. The average molecular weight is 422 g/mol. The first-order valence-corrected chi connectivity index (χ1v) is 10.9. The number of carbonyl (C=O) groups excluding carboxylic acids is 3. The largest absolute Gasteiger partial charge is 0.294 e. The van der Waals surface area contributed by atoms with E-state index in [4.69, 9.17) is 0 Å². The van der Waals surface area contributed by atoms with E-state index in [2.05, 4.69) is 10.9 Å². The minimum absolute atomic E-state index is 0.130. The number of benzene rings is 1. The number of nitrogens with one attached hydrogen (secondary N) is 2. The van der Waals surface area contributed by atoms with Crippen molar-refractivity contribution in [3.05, 3.63) is 51.7 Å². The van der Waals surface area contributed by atoms with Gasteiger partial charge in [0.25, 0.3) is 11.8 Å². The first-order chi connectivity index (χ1) is 13.3. The molecule has 2 N–H and O–H groups in total. The monoisotopic (exact) mass is 421 g/mol. The highest BCUT2D eigenvalue weighted by molar-refractivity contribution is 7.89. The van der Waals surface area contributed by atoms with Gasteiger partial charge in [0.15, 0.2) is 5.78 Å². The number of sulfonamides is 1. The summed E-state index contributed by atoms with van der Waals surface area (Å²) in [4.78, 5) is 36.4. The Morgan fingerprint density at radius 1 is 0.893 bits per heavy atom. The second-order valence-electron chi connectivity index (χ2n) is 6.26. The molecule has 0 spiro atoms. The summed E-state index contributed by atoms with van der Waals surface area (Å²) < 4.78 is 26.4. The Hall–Kier alpha value is -2.56. The predicted molar refractivity (Wildman–Crippen MR) is 104 cm³/mol. The Bertz CT molecular complexity index is 1010. The molecule has 1 fully saturated rings. The smallest absolute Gasteiger partial charge is 0.279 e. The quantitative estimate of drug-likeness (QED) is 0.565. The fourth-order valence-corrected chi connectivity index (χ4v) is 5.07. The van der Waals surface area contributed by atoms with Gasteiger partial charge in [-0.2, -0.15) is 4.31 Å². The van der Waals surface area contributed by atoms with Gasteiger partial charge in [-0.15, -0.1) is 11.3 Å². The molecule has 28 heavy (non-hydrogen) atoms. The molecule has 1 aliphatic heterocycles. The molecule has 1 aromatic carbocycles. The minimum Gasteiger partial charge on any atom is -0.294 e. The lowest BCUT2D eigenvalue weighted by Crippen LogP contribution is -2.41. The maximum absolute atomic E-state index is 12.5. The summed E-state index contributed by atoms with van der Waals surface area (Å²) in [5.74, 6) is -1.27. The second kappa shape index (κ2) is 8.21. The summed E-state index contributed by atoms with van der Waals surface area (Å²) in [7, 11) is -3.54. The van der Waals surface area contributed by atoms with Crippen molar-refractivity contribution in [2.24, 2.45) is 0 Å². The number of carbonyl (C=O) groups is 3. The second-order valence-corrected chi connectivity index (χ2v) is 9.29. The molecule has 2 aromatic rings. The topological polar surface area (TPSA) is 113 Å². The van der Waals surface area contributed by atoms with Crippen molar-refractivity contribution in [3.8, 4) is 0 Å². The molecule has 1 aliphatic rings. The average Bonchev–Trinajstić information content (AvgIpc) is 3.38. The molecule has 1 saturated heterocycles. The highest BCUT2D eigenvalue weighted by Crippen LogP contribution is 2.21. The van der Waals surface area contributed by atoms with Crippen LogP contribution in [0.3, 0.4) is 0 Å². The molecule has 0 unspecified atom stereocenters. The summed E-state index contributed by atoms with van der Waals surface area (Å²) in [6.45, 7) is 2.41. The van der Waals surface area contributed by atoms with E-state index >= 15 is 0 Å². The number of ketones is 1. The van der Waals surface area contributed by atoms with Gasteiger partial charge in [0.2, 0.25) is 10.0 Å². The Morgan fingerprint density at radius 3 is 2.04 bits per heavy atom. The number of hydrazine groups is 1. The molecular weight excluding hydrogens is 402 g/mol. The van der Waals surface area contributed by atoms with Gasteiger partial charge in [-0.1, -0.05) is 0 Å². The van der Waals surface area contributed by atoms with Crippen molar-refractivity contribution in [2.75, 3.05) is 13.1 Å². The van der Waals surface area contributed by atoms with Crippen molar-refractivity contribution in [1.82, 2.24) is 15.2 Å². The van der Waals surface area contributed by atoms with Gasteiger partial charge in [0.05, 0.1) is 14.6 Å². The SMILES string of the molecule is CC(=O)c1ccc(C(=O)NNC(=O)c2ccc(S(=O)(=O)N3CCCC3)cc2)s1. The minimum atomic E-state index is -3.54. The maximum atomic E-state index is 12.5. The van der Waals surface area contributed by atoms with Crippen molar-refractivity contribution in [2.45, 2.75) is 24.7 Å². The fourth-order valence-electron chi connectivity index (χ4n) is 2.75. The molecule has 3 rings (SSSR count). The molecule has 0 bridgehead atoms. The van der Waals surface area contributed by atoms with Crippen LogP contribution < -0.4 is 10.9 Å². The number of rotatable bonds is 5. The Labute approximate surface area is 166 Å². The molecule has 148 valence electrons. The van der Waals surface area contributed by atoms with E-state index < -0.39 is 21.8 Å².